The summed E-state index contributed by atoms with van der Waals surface area (Å²) in [5, 5.41) is 6.87. The van der Waals surface area contributed by atoms with Crippen molar-refractivity contribution in [3.05, 3.63) is 48.0 Å². The summed E-state index contributed by atoms with van der Waals surface area (Å²) in [5.41, 5.74) is 3.56. The van der Waals surface area contributed by atoms with Crippen LogP contribution in [0.25, 0.3) is 0 Å². The minimum atomic E-state index is 0.0812. The first-order chi connectivity index (χ1) is 9.90. The lowest BCUT2D eigenvalue weighted by atomic mass is 10.1. The summed E-state index contributed by atoms with van der Waals surface area (Å²) in [6, 6.07) is 14.7. The van der Waals surface area contributed by atoms with Crippen LogP contribution in [0.1, 0.15) is 11.7 Å². The topological polar surface area (TPSA) is 33.3 Å². The Balaban J connectivity index is 1.63. The van der Waals surface area contributed by atoms with E-state index in [2.05, 4.69) is 34.9 Å². The van der Waals surface area contributed by atoms with Crippen molar-refractivity contribution in [1.29, 1.82) is 0 Å². The van der Waals surface area contributed by atoms with Crippen LogP contribution in [0, 0.1) is 0 Å². The van der Waals surface area contributed by atoms with E-state index in [4.69, 9.17) is 4.74 Å². The van der Waals surface area contributed by atoms with Crippen LogP contribution >= 0.6 is 11.8 Å². The highest BCUT2D eigenvalue weighted by Crippen LogP contribution is 2.37. The van der Waals surface area contributed by atoms with Gasteiger partial charge in [0.2, 0.25) is 0 Å². The average Bonchev–Trinajstić information content (AvgIpc) is 2.54. The number of anilines is 2. The van der Waals surface area contributed by atoms with Crippen LogP contribution in [0.3, 0.4) is 0 Å². The van der Waals surface area contributed by atoms with E-state index in [9.17, 15) is 0 Å². The second kappa shape index (κ2) is 4.94. The lowest BCUT2D eigenvalue weighted by Gasteiger charge is -2.28. The first-order valence-corrected chi connectivity index (χ1v) is 7.89. The molecule has 20 heavy (non-hydrogen) atoms. The van der Waals surface area contributed by atoms with Crippen LogP contribution in [0.5, 0.6) is 5.75 Å². The molecule has 2 aromatic rings. The Morgan fingerprint density at radius 1 is 1.05 bits per heavy atom. The Bertz CT molecular complexity index is 644. The number of hydrogen-bond donors (Lipinski definition) is 2. The molecule has 0 fully saturated rings. The van der Waals surface area contributed by atoms with Crippen LogP contribution in [-0.2, 0) is 0 Å². The Hall–Kier alpha value is -1.81. The van der Waals surface area contributed by atoms with Crippen molar-refractivity contribution in [2.24, 2.45) is 0 Å². The van der Waals surface area contributed by atoms with Gasteiger partial charge in [-0.25, -0.2) is 0 Å². The quantitative estimate of drug-likeness (QED) is 0.835. The zero-order valence-electron chi connectivity index (χ0n) is 11.1. The Kier molecular flexibility index (Phi) is 2.96. The third kappa shape index (κ3) is 2.10. The Morgan fingerprint density at radius 3 is 3.00 bits per heavy atom. The summed E-state index contributed by atoms with van der Waals surface area (Å²) in [7, 11) is 0. The van der Waals surface area contributed by atoms with E-state index >= 15 is 0 Å². The van der Waals surface area contributed by atoms with Crippen molar-refractivity contribution in [3.63, 3.8) is 0 Å². The standard InChI is InChI=1S/C16H16N2OS/c1-2-4-14-12(3-1)18-10-15(19-14)11-5-6-13-16(9-11)20-8-7-17-13/h1-6,9,15,17-18H,7-8,10H2. The summed E-state index contributed by atoms with van der Waals surface area (Å²) < 4.78 is 6.12. The van der Waals surface area contributed by atoms with E-state index < -0.39 is 0 Å². The lowest BCUT2D eigenvalue weighted by Crippen LogP contribution is -2.23. The molecule has 0 saturated heterocycles. The molecule has 4 heteroatoms. The van der Waals surface area contributed by atoms with Crippen molar-refractivity contribution in [3.8, 4) is 5.75 Å². The number of fused-ring (bicyclic) bond motifs is 2. The molecule has 0 aromatic heterocycles. The van der Waals surface area contributed by atoms with Crippen molar-refractivity contribution >= 4 is 23.1 Å². The predicted molar refractivity (Wildman–Crippen MR) is 84.0 cm³/mol. The number of para-hydroxylation sites is 2. The van der Waals surface area contributed by atoms with Gasteiger partial charge in [-0.1, -0.05) is 18.2 Å². The van der Waals surface area contributed by atoms with Gasteiger partial charge in [-0.2, -0.15) is 0 Å². The maximum absolute atomic E-state index is 6.12. The number of hydrogen-bond acceptors (Lipinski definition) is 4. The second-order valence-corrected chi connectivity index (χ2v) is 6.15. The molecular weight excluding hydrogens is 268 g/mol. The summed E-state index contributed by atoms with van der Waals surface area (Å²) in [6.45, 7) is 1.86. The minimum Gasteiger partial charge on any atom is -0.482 e. The number of nitrogens with one attached hydrogen (secondary N) is 2. The van der Waals surface area contributed by atoms with Gasteiger partial charge in [0, 0.05) is 22.9 Å². The van der Waals surface area contributed by atoms with Crippen molar-refractivity contribution in [1.82, 2.24) is 0 Å². The van der Waals surface area contributed by atoms with Gasteiger partial charge in [-0.3, -0.25) is 0 Å². The first-order valence-electron chi connectivity index (χ1n) is 6.90. The van der Waals surface area contributed by atoms with Gasteiger partial charge in [-0.15, -0.1) is 11.8 Å². The number of thioether (sulfide) groups is 1. The zero-order valence-corrected chi connectivity index (χ0v) is 11.9. The molecule has 0 amide bonds. The normalized spacial score (nSPS) is 19.9. The predicted octanol–water partition coefficient (Wildman–Crippen LogP) is 3.75. The van der Waals surface area contributed by atoms with E-state index in [1.54, 1.807) is 0 Å². The molecule has 0 spiro atoms. The summed E-state index contributed by atoms with van der Waals surface area (Å²) in [6.07, 6.45) is 0.0812. The van der Waals surface area contributed by atoms with Gasteiger partial charge in [0.05, 0.1) is 12.2 Å². The molecule has 1 unspecified atom stereocenters. The molecule has 3 nitrogen and oxygen atoms in total. The van der Waals surface area contributed by atoms with E-state index in [1.807, 2.05) is 30.0 Å². The molecule has 0 saturated carbocycles. The third-order valence-corrected chi connectivity index (χ3v) is 4.74. The molecule has 2 heterocycles. The number of rotatable bonds is 1. The van der Waals surface area contributed by atoms with E-state index in [0.29, 0.717) is 0 Å². The largest absolute Gasteiger partial charge is 0.482 e. The highest BCUT2D eigenvalue weighted by atomic mass is 32.2. The zero-order chi connectivity index (χ0) is 13.4. The highest BCUT2D eigenvalue weighted by Gasteiger charge is 2.21. The summed E-state index contributed by atoms with van der Waals surface area (Å²) >= 11 is 1.91. The molecule has 1 atom stereocenters. The highest BCUT2D eigenvalue weighted by molar-refractivity contribution is 7.99. The fourth-order valence-corrected chi connectivity index (χ4v) is 3.59. The maximum Gasteiger partial charge on any atom is 0.143 e. The van der Waals surface area contributed by atoms with Gasteiger partial charge in [-0.05, 0) is 29.8 Å². The fraction of sp³-hybridized carbons (Fsp3) is 0.250. The molecule has 4 rings (SSSR count). The van der Waals surface area contributed by atoms with Crippen LogP contribution in [0.4, 0.5) is 11.4 Å². The molecule has 2 aliphatic rings. The monoisotopic (exact) mass is 284 g/mol. The molecule has 2 aromatic carbocycles. The Morgan fingerprint density at radius 2 is 2.00 bits per heavy atom. The molecule has 2 N–H and O–H groups in total. The van der Waals surface area contributed by atoms with Crippen LogP contribution in [0.15, 0.2) is 47.4 Å². The molecule has 0 aliphatic carbocycles. The molecule has 0 bridgehead atoms. The Labute approximate surface area is 122 Å². The van der Waals surface area contributed by atoms with Crippen molar-refractivity contribution in [2.75, 3.05) is 29.5 Å². The van der Waals surface area contributed by atoms with Crippen LogP contribution < -0.4 is 15.4 Å². The second-order valence-electron chi connectivity index (χ2n) is 5.01. The maximum atomic E-state index is 6.12. The van der Waals surface area contributed by atoms with Gasteiger partial charge >= 0.3 is 0 Å². The summed E-state index contributed by atoms with van der Waals surface area (Å²) in [4.78, 5) is 1.33. The fourth-order valence-electron chi connectivity index (χ4n) is 2.65. The number of ether oxygens (including phenoxy) is 1. The van der Waals surface area contributed by atoms with Gasteiger partial charge < -0.3 is 15.4 Å². The van der Waals surface area contributed by atoms with Crippen molar-refractivity contribution < 1.29 is 4.74 Å². The van der Waals surface area contributed by atoms with Gasteiger partial charge in [0.25, 0.3) is 0 Å². The van der Waals surface area contributed by atoms with Crippen LogP contribution in [-0.4, -0.2) is 18.8 Å². The molecule has 0 radical (unpaired) electrons. The third-order valence-electron chi connectivity index (χ3n) is 3.69. The first kappa shape index (κ1) is 12.0. The average molecular weight is 284 g/mol. The van der Waals surface area contributed by atoms with Crippen molar-refractivity contribution in [2.45, 2.75) is 11.0 Å². The van der Waals surface area contributed by atoms with E-state index in [1.165, 1.54) is 16.1 Å². The molecule has 2 aliphatic heterocycles. The number of benzene rings is 2. The van der Waals surface area contributed by atoms with Crippen LogP contribution in [0.2, 0.25) is 0 Å². The lowest BCUT2D eigenvalue weighted by molar-refractivity contribution is 0.210. The van der Waals surface area contributed by atoms with E-state index in [0.717, 1.165) is 30.3 Å². The summed E-state index contributed by atoms with van der Waals surface area (Å²) in [5.74, 6) is 2.07. The van der Waals surface area contributed by atoms with E-state index in [-0.39, 0.29) is 6.10 Å². The SMILES string of the molecule is c1ccc2c(c1)NCC(c1ccc3c(c1)SCCN3)O2. The smallest absolute Gasteiger partial charge is 0.143 e. The van der Waals surface area contributed by atoms with Gasteiger partial charge in [0.15, 0.2) is 0 Å². The van der Waals surface area contributed by atoms with Gasteiger partial charge in [0.1, 0.15) is 11.9 Å². The molecular formula is C16H16N2OS. The minimum absolute atomic E-state index is 0.0812. The molecule has 102 valence electrons.